The summed E-state index contributed by atoms with van der Waals surface area (Å²) in [5, 5.41) is 5.12. The lowest BCUT2D eigenvalue weighted by molar-refractivity contribution is -0.124. The van der Waals surface area contributed by atoms with E-state index < -0.39 is 6.04 Å². The third kappa shape index (κ3) is 2.15. The number of halogens is 1. The molecule has 0 aromatic carbocycles. The molecule has 1 saturated heterocycles. The van der Waals surface area contributed by atoms with E-state index in [2.05, 4.69) is 31.5 Å². The van der Waals surface area contributed by atoms with Crippen LogP contribution < -0.4 is 10.6 Å². The van der Waals surface area contributed by atoms with E-state index >= 15 is 0 Å². The molecule has 0 aliphatic carbocycles. The van der Waals surface area contributed by atoms with Crippen molar-refractivity contribution in [3.8, 4) is 0 Å². The first-order valence-electron chi connectivity index (χ1n) is 4.37. The molecular formula is C9H8BrN3O2. The van der Waals surface area contributed by atoms with Crippen LogP contribution in [0.2, 0.25) is 0 Å². The summed E-state index contributed by atoms with van der Waals surface area (Å²) in [6, 6.07) is 3.06. The van der Waals surface area contributed by atoms with Crippen molar-refractivity contribution >= 4 is 33.6 Å². The predicted octanol–water partition coefficient (Wildman–Crippen LogP) is 0.671. The van der Waals surface area contributed by atoms with Crippen LogP contribution in [0.25, 0.3) is 0 Å². The number of amides is 2. The minimum absolute atomic E-state index is 0.155. The molecule has 6 heteroatoms. The molecule has 2 amide bonds. The van der Waals surface area contributed by atoms with Crippen molar-refractivity contribution < 1.29 is 9.59 Å². The van der Waals surface area contributed by atoms with E-state index in [0.717, 1.165) is 4.47 Å². The highest BCUT2D eigenvalue weighted by atomic mass is 79.9. The Labute approximate surface area is 94.4 Å². The Balaban J connectivity index is 2.13. The van der Waals surface area contributed by atoms with Crippen molar-refractivity contribution in [2.45, 2.75) is 12.5 Å². The molecule has 2 rings (SSSR count). The summed E-state index contributed by atoms with van der Waals surface area (Å²) in [4.78, 5) is 26.2. The van der Waals surface area contributed by atoms with Gasteiger partial charge in [0.15, 0.2) is 0 Å². The zero-order valence-electron chi connectivity index (χ0n) is 7.66. The number of hydrogen-bond acceptors (Lipinski definition) is 4. The smallest absolute Gasteiger partial charge is 0.249 e. The molecule has 1 aromatic heterocycles. The number of rotatable bonds is 2. The maximum Gasteiger partial charge on any atom is 0.249 e. The fourth-order valence-corrected chi connectivity index (χ4v) is 1.70. The van der Waals surface area contributed by atoms with Gasteiger partial charge in [-0.2, -0.15) is 0 Å². The molecule has 1 fully saturated rings. The van der Waals surface area contributed by atoms with Crippen LogP contribution in [0.5, 0.6) is 0 Å². The van der Waals surface area contributed by atoms with Crippen LogP contribution in [0, 0.1) is 0 Å². The summed E-state index contributed by atoms with van der Waals surface area (Å²) >= 11 is 3.30. The van der Waals surface area contributed by atoms with Crippen LogP contribution in [0.15, 0.2) is 22.8 Å². The molecule has 0 bridgehead atoms. The summed E-state index contributed by atoms with van der Waals surface area (Å²) in [5.41, 5.74) is 0. The van der Waals surface area contributed by atoms with E-state index in [4.69, 9.17) is 0 Å². The molecule has 1 aliphatic rings. The van der Waals surface area contributed by atoms with Crippen molar-refractivity contribution in [1.82, 2.24) is 10.3 Å². The van der Waals surface area contributed by atoms with E-state index in [1.807, 2.05) is 6.07 Å². The highest BCUT2D eigenvalue weighted by Crippen LogP contribution is 2.20. The van der Waals surface area contributed by atoms with Gasteiger partial charge in [-0.1, -0.05) is 0 Å². The van der Waals surface area contributed by atoms with Crippen molar-refractivity contribution in [3.63, 3.8) is 0 Å². The molecule has 1 atom stereocenters. The Kier molecular flexibility index (Phi) is 2.68. The number of carbonyl (C=O) groups is 2. The van der Waals surface area contributed by atoms with E-state index in [0.29, 0.717) is 5.82 Å². The van der Waals surface area contributed by atoms with E-state index in [1.165, 1.54) is 0 Å². The molecular weight excluding hydrogens is 262 g/mol. The van der Waals surface area contributed by atoms with E-state index in [1.54, 1.807) is 12.3 Å². The molecule has 2 N–H and O–H groups in total. The molecule has 2 heterocycles. The average Bonchev–Trinajstić information content (AvgIpc) is 2.49. The maximum absolute atomic E-state index is 11.3. The number of aromatic nitrogens is 1. The van der Waals surface area contributed by atoms with Gasteiger partial charge in [-0.25, -0.2) is 4.98 Å². The monoisotopic (exact) mass is 269 g/mol. The number of nitrogens with one attached hydrogen (secondary N) is 2. The summed E-state index contributed by atoms with van der Waals surface area (Å²) in [5.74, 6) is -0.00513. The molecule has 0 spiro atoms. The predicted molar refractivity (Wildman–Crippen MR) is 57.1 cm³/mol. The second-order valence-electron chi connectivity index (χ2n) is 3.15. The molecule has 15 heavy (non-hydrogen) atoms. The number of imide groups is 1. The zero-order chi connectivity index (χ0) is 10.8. The first kappa shape index (κ1) is 10.1. The Morgan fingerprint density at radius 2 is 2.33 bits per heavy atom. The minimum atomic E-state index is -0.524. The fourth-order valence-electron chi connectivity index (χ4n) is 1.33. The highest BCUT2D eigenvalue weighted by molar-refractivity contribution is 9.10. The van der Waals surface area contributed by atoms with Gasteiger partial charge in [0.25, 0.3) is 0 Å². The second-order valence-corrected chi connectivity index (χ2v) is 4.00. The Bertz CT molecular complexity index is 422. The lowest BCUT2D eigenvalue weighted by atomic mass is 10.2. The Morgan fingerprint density at radius 1 is 1.53 bits per heavy atom. The van der Waals surface area contributed by atoms with Crippen LogP contribution in [0.3, 0.4) is 0 Å². The van der Waals surface area contributed by atoms with Crippen molar-refractivity contribution in [2.24, 2.45) is 0 Å². The standard InChI is InChI=1S/C9H8BrN3O2/c10-5-2-1-3-11-8(5)12-6-4-7(14)13-9(6)15/h1-3,6H,4H2,(H,11,12)(H,13,14,15). The summed E-state index contributed by atoms with van der Waals surface area (Å²) in [6.45, 7) is 0. The van der Waals surface area contributed by atoms with Crippen LogP contribution in [-0.2, 0) is 9.59 Å². The molecule has 1 unspecified atom stereocenters. The van der Waals surface area contributed by atoms with Crippen LogP contribution in [-0.4, -0.2) is 22.8 Å². The lowest BCUT2D eigenvalue weighted by Crippen LogP contribution is -2.30. The quantitative estimate of drug-likeness (QED) is 0.775. The summed E-state index contributed by atoms with van der Waals surface area (Å²) < 4.78 is 0.761. The maximum atomic E-state index is 11.3. The van der Waals surface area contributed by atoms with Gasteiger partial charge in [-0.15, -0.1) is 0 Å². The van der Waals surface area contributed by atoms with Gasteiger partial charge < -0.3 is 5.32 Å². The fraction of sp³-hybridized carbons (Fsp3) is 0.222. The van der Waals surface area contributed by atoms with Gasteiger partial charge in [-0.05, 0) is 28.1 Å². The lowest BCUT2D eigenvalue weighted by Gasteiger charge is -2.10. The first-order valence-corrected chi connectivity index (χ1v) is 5.17. The number of carbonyl (C=O) groups excluding carboxylic acids is 2. The van der Waals surface area contributed by atoms with Crippen LogP contribution in [0.1, 0.15) is 6.42 Å². The highest BCUT2D eigenvalue weighted by Gasteiger charge is 2.30. The third-order valence-corrected chi connectivity index (χ3v) is 2.68. The molecule has 1 aromatic rings. The molecule has 78 valence electrons. The molecule has 0 radical (unpaired) electrons. The molecule has 5 nitrogen and oxygen atoms in total. The normalized spacial score (nSPS) is 20.2. The van der Waals surface area contributed by atoms with Crippen LogP contribution in [0.4, 0.5) is 5.82 Å². The van der Waals surface area contributed by atoms with Crippen molar-refractivity contribution in [1.29, 1.82) is 0 Å². The number of pyridine rings is 1. The molecule has 1 aliphatic heterocycles. The zero-order valence-corrected chi connectivity index (χ0v) is 9.24. The van der Waals surface area contributed by atoms with Gasteiger partial charge in [0.2, 0.25) is 11.8 Å². The van der Waals surface area contributed by atoms with Gasteiger partial charge in [0.1, 0.15) is 11.9 Å². The topological polar surface area (TPSA) is 71.1 Å². The van der Waals surface area contributed by atoms with Gasteiger partial charge in [-0.3, -0.25) is 14.9 Å². The largest absolute Gasteiger partial charge is 0.357 e. The van der Waals surface area contributed by atoms with Gasteiger partial charge in [0, 0.05) is 6.20 Å². The van der Waals surface area contributed by atoms with Crippen LogP contribution >= 0.6 is 15.9 Å². The minimum Gasteiger partial charge on any atom is -0.357 e. The Morgan fingerprint density at radius 3 is 2.93 bits per heavy atom. The summed E-state index contributed by atoms with van der Waals surface area (Å²) in [6.07, 6.45) is 1.77. The van der Waals surface area contributed by atoms with Crippen molar-refractivity contribution in [2.75, 3.05) is 5.32 Å². The number of nitrogens with zero attached hydrogens (tertiary/aromatic N) is 1. The van der Waals surface area contributed by atoms with E-state index in [-0.39, 0.29) is 18.2 Å². The number of anilines is 1. The third-order valence-electron chi connectivity index (χ3n) is 2.04. The molecule has 0 saturated carbocycles. The first-order chi connectivity index (χ1) is 7.16. The number of hydrogen-bond donors (Lipinski definition) is 2. The van der Waals surface area contributed by atoms with E-state index in [9.17, 15) is 9.59 Å². The average molecular weight is 270 g/mol. The van der Waals surface area contributed by atoms with Gasteiger partial charge in [0.05, 0.1) is 10.9 Å². The SMILES string of the molecule is O=C1CC(Nc2ncccc2Br)C(=O)N1. The summed E-state index contributed by atoms with van der Waals surface area (Å²) in [7, 11) is 0. The van der Waals surface area contributed by atoms with Crippen molar-refractivity contribution in [3.05, 3.63) is 22.8 Å². The Hall–Kier alpha value is -1.43. The van der Waals surface area contributed by atoms with Gasteiger partial charge >= 0.3 is 0 Å². The second kappa shape index (κ2) is 3.98.